The van der Waals surface area contributed by atoms with Gasteiger partial charge < -0.3 is 4.84 Å². The van der Waals surface area contributed by atoms with E-state index in [0.717, 1.165) is 0 Å². The molecule has 1 aromatic rings. The molecular weight excluding hydrogens is 128 g/mol. The summed E-state index contributed by atoms with van der Waals surface area (Å²) in [6.07, 6.45) is 4.12. The Morgan fingerprint density at radius 2 is 2.50 bits per heavy atom. The minimum atomic E-state index is 0.483. The van der Waals surface area contributed by atoms with E-state index in [2.05, 4.69) is 16.4 Å². The topological polar surface area (TPSA) is 34.5 Å². The van der Waals surface area contributed by atoms with E-state index in [9.17, 15) is 0 Å². The number of nitrogens with zero attached hydrogens (tertiary/aromatic N) is 2. The SMILES string of the molecule is C/[C]=N\Oc1ccccn1. The van der Waals surface area contributed by atoms with E-state index in [1.807, 2.05) is 12.1 Å². The maximum Gasteiger partial charge on any atom is 0.248 e. The minimum absolute atomic E-state index is 0.483. The van der Waals surface area contributed by atoms with Crippen molar-refractivity contribution in [2.45, 2.75) is 6.92 Å². The zero-order chi connectivity index (χ0) is 7.23. The van der Waals surface area contributed by atoms with Gasteiger partial charge in [0.1, 0.15) is 6.21 Å². The van der Waals surface area contributed by atoms with Crippen LogP contribution in [0.2, 0.25) is 0 Å². The van der Waals surface area contributed by atoms with E-state index in [4.69, 9.17) is 4.84 Å². The molecule has 0 unspecified atom stereocenters. The summed E-state index contributed by atoms with van der Waals surface area (Å²) in [5, 5.41) is 3.43. The third-order valence-electron chi connectivity index (χ3n) is 0.868. The van der Waals surface area contributed by atoms with Gasteiger partial charge in [0.25, 0.3) is 0 Å². The molecule has 0 amide bonds. The van der Waals surface area contributed by atoms with Crippen LogP contribution in [0.15, 0.2) is 29.6 Å². The second kappa shape index (κ2) is 3.61. The Bertz CT molecular complexity index is 208. The van der Waals surface area contributed by atoms with Crippen LogP contribution in [0.4, 0.5) is 0 Å². The molecule has 1 heterocycles. The molecule has 0 spiro atoms. The van der Waals surface area contributed by atoms with Gasteiger partial charge in [0.05, 0.1) is 0 Å². The first-order chi connectivity index (χ1) is 4.93. The van der Waals surface area contributed by atoms with Crippen molar-refractivity contribution in [2.75, 3.05) is 0 Å². The highest BCUT2D eigenvalue weighted by atomic mass is 16.6. The van der Waals surface area contributed by atoms with Crippen LogP contribution < -0.4 is 4.84 Å². The molecule has 0 aliphatic carbocycles. The molecule has 0 aromatic carbocycles. The maximum atomic E-state index is 4.76. The second-order valence-electron chi connectivity index (χ2n) is 1.57. The summed E-state index contributed by atoms with van der Waals surface area (Å²) >= 11 is 0. The zero-order valence-electron chi connectivity index (χ0n) is 5.61. The van der Waals surface area contributed by atoms with Crippen molar-refractivity contribution < 1.29 is 4.84 Å². The Morgan fingerprint density at radius 1 is 1.60 bits per heavy atom. The van der Waals surface area contributed by atoms with Gasteiger partial charge in [-0.15, -0.1) is 0 Å². The quantitative estimate of drug-likeness (QED) is 0.453. The zero-order valence-corrected chi connectivity index (χ0v) is 5.61. The average molecular weight is 135 g/mol. The van der Waals surface area contributed by atoms with Crippen molar-refractivity contribution in [3.8, 4) is 5.88 Å². The van der Waals surface area contributed by atoms with Gasteiger partial charge in [-0.1, -0.05) is 11.2 Å². The number of aromatic nitrogens is 1. The molecule has 3 heteroatoms. The van der Waals surface area contributed by atoms with Gasteiger partial charge >= 0.3 is 0 Å². The van der Waals surface area contributed by atoms with Gasteiger partial charge in [0, 0.05) is 12.3 Å². The van der Waals surface area contributed by atoms with Gasteiger partial charge in [-0.3, -0.25) is 0 Å². The summed E-state index contributed by atoms with van der Waals surface area (Å²) in [6.45, 7) is 1.66. The summed E-state index contributed by atoms with van der Waals surface area (Å²) < 4.78 is 0. The lowest BCUT2D eigenvalue weighted by Crippen LogP contribution is -1.84. The Balaban J connectivity index is 2.59. The van der Waals surface area contributed by atoms with Crippen LogP contribution in [0.25, 0.3) is 0 Å². The predicted octanol–water partition coefficient (Wildman–Crippen LogP) is 1.34. The fourth-order valence-electron chi connectivity index (χ4n) is 0.493. The van der Waals surface area contributed by atoms with Crippen LogP contribution in [-0.2, 0) is 0 Å². The molecule has 0 saturated heterocycles. The fraction of sp³-hybridized carbons (Fsp3) is 0.143. The van der Waals surface area contributed by atoms with Crippen molar-refractivity contribution in [3.05, 3.63) is 24.4 Å². The van der Waals surface area contributed by atoms with Crippen LogP contribution in [0.3, 0.4) is 0 Å². The van der Waals surface area contributed by atoms with Crippen molar-refractivity contribution in [3.63, 3.8) is 0 Å². The Morgan fingerprint density at radius 3 is 3.10 bits per heavy atom. The van der Waals surface area contributed by atoms with E-state index in [-0.39, 0.29) is 0 Å². The Kier molecular flexibility index (Phi) is 2.43. The first-order valence-electron chi connectivity index (χ1n) is 2.88. The number of hydrogen-bond acceptors (Lipinski definition) is 3. The van der Waals surface area contributed by atoms with E-state index >= 15 is 0 Å². The lowest BCUT2D eigenvalue weighted by molar-refractivity contribution is 0.329. The summed E-state index contributed by atoms with van der Waals surface area (Å²) in [6, 6.07) is 5.36. The highest BCUT2D eigenvalue weighted by Gasteiger charge is 1.86. The summed E-state index contributed by atoms with van der Waals surface area (Å²) in [7, 11) is 0. The second-order valence-corrected chi connectivity index (χ2v) is 1.57. The van der Waals surface area contributed by atoms with E-state index < -0.39 is 0 Å². The average Bonchev–Trinajstić information content (AvgIpc) is 2.03. The monoisotopic (exact) mass is 135 g/mol. The van der Waals surface area contributed by atoms with Gasteiger partial charge in [0.15, 0.2) is 0 Å². The smallest absolute Gasteiger partial charge is 0.248 e. The maximum absolute atomic E-state index is 4.76. The molecule has 0 N–H and O–H groups in total. The highest BCUT2D eigenvalue weighted by Crippen LogP contribution is 2.02. The summed E-state index contributed by atoms with van der Waals surface area (Å²) in [4.78, 5) is 8.62. The molecule has 51 valence electrons. The van der Waals surface area contributed by atoms with E-state index in [1.165, 1.54) is 0 Å². The van der Waals surface area contributed by atoms with Crippen LogP contribution in [-0.4, -0.2) is 11.2 Å². The van der Waals surface area contributed by atoms with Crippen LogP contribution in [0.5, 0.6) is 5.88 Å². The summed E-state index contributed by atoms with van der Waals surface area (Å²) in [5.74, 6) is 0.483. The molecule has 0 aliphatic heterocycles. The largest absolute Gasteiger partial charge is 0.336 e. The third-order valence-corrected chi connectivity index (χ3v) is 0.868. The van der Waals surface area contributed by atoms with Crippen LogP contribution in [0.1, 0.15) is 6.92 Å². The Hall–Kier alpha value is -1.38. The van der Waals surface area contributed by atoms with Crippen molar-refractivity contribution >= 4 is 6.21 Å². The summed E-state index contributed by atoms with van der Waals surface area (Å²) in [5.41, 5.74) is 0. The van der Waals surface area contributed by atoms with Gasteiger partial charge in [-0.25, -0.2) is 4.98 Å². The standard InChI is InChI=1S/C7H7N2O/c1-2-9-10-7-5-3-4-6-8-7/h3-6H,1H3. The first-order valence-corrected chi connectivity index (χ1v) is 2.88. The molecule has 0 fully saturated rings. The number of pyridine rings is 1. The first kappa shape index (κ1) is 6.74. The van der Waals surface area contributed by atoms with E-state index in [1.54, 1.807) is 19.2 Å². The number of hydrogen-bond donors (Lipinski definition) is 0. The molecule has 1 aromatic heterocycles. The molecule has 0 atom stereocenters. The highest BCUT2D eigenvalue weighted by molar-refractivity contribution is 5.52. The molecule has 0 bridgehead atoms. The van der Waals surface area contributed by atoms with Crippen LogP contribution >= 0.6 is 0 Å². The molecule has 3 nitrogen and oxygen atoms in total. The van der Waals surface area contributed by atoms with Gasteiger partial charge in [-0.2, -0.15) is 0 Å². The lowest BCUT2D eigenvalue weighted by Gasteiger charge is -1.92. The molecule has 0 aliphatic rings. The molecular formula is C7H7N2O. The third kappa shape index (κ3) is 1.85. The van der Waals surface area contributed by atoms with Crippen LogP contribution in [0, 0.1) is 0 Å². The molecule has 10 heavy (non-hydrogen) atoms. The van der Waals surface area contributed by atoms with Crippen molar-refractivity contribution in [1.29, 1.82) is 0 Å². The van der Waals surface area contributed by atoms with Crippen molar-refractivity contribution in [1.82, 2.24) is 4.98 Å². The van der Waals surface area contributed by atoms with Gasteiger partial charge in [-0.05, 0) is 13.0 Å². The Labute approximate surface area is 59.3 Å². The molecule has 1 rings (SSSR count). The minimum Gasteiger partial charge on any atom is -0.336 e. The normalized spacial score (nSPS) is 10.1. The predicted molar refractivity (Wildman–Crippen MR) is 38.0 cm³/mol. The van der Waals surface area contributed by atoms with Gasteiger partial charge in [0.2, 0.25) is 5.88 Å². The van der Waals surface area contributed by atoms with Crippen molar-refractivity contribution in [2.24, 2.45) is 5.16 Å². The number of rotatable bonds is 2. The molecule has 1 radical (unpaired) electrons. The van der Waals surface area contributed by atoms with E-state index in [0.29, 0.717) is 5.88 Å². The molecule has 0 saturated carbocycles. The fourth-order valence-corrected chi connectivity index (χ4v) is 0.493. The lowest BCUT2D eigenvalue weighted by atomic mass is 10.5.